The van der Waals surface area contributed by atoms with Crippen molar-refractivity contribution < 1.29 is 23.8 Å². The lowest BCUT2D eigenvalue weighted by Crippen LogP contribution is -2.34. The van der Waals surface area contributed by atoms with Crippen LogP contribution in [0.1, 0.15) is 37.6 Å². The number of carbonyl (C=O) groups is 2. The minimum absolute atomic E-state index is 0.0352. The molecule has 1 aliphatic heterocycles. The third-order valence-corrected chi connectivity index (χ3v) is 3.62. The van der Waals surface area contributed by atoms with Gasteiger partial charge in [0, 0.05) is 12.8 Å². The number of benzene rings is 1. The van der Waals surface area contributed by atoms with Gasteiger partial charge in [-0.2, -0.15) is 0 Å². The first-order valence-electron chi connectivity index (χ1n) is 7.11. The van der Waals surface area contributed by atoms with Crippen molar-refractivity contribution in [3.63, 3.8) is 0 Å². The van der Waals surface area contributed by atoms with E-state index in [4.69, 9.17) is 14.2 Å². The van der Waals surface area contributed by atoms with Crippen LogP contribution in [0.15, 0.2) is 30.3 Å². The Labute approximate surface area is 124 Å². The van der Waals surface area contributed by atoms with Gasteiger partial charge >= 0.3 is 11.9 Å². The van der Waals surface area contributed by atoms with E-state index in [9.17, 15) is 9.59 Å². The van der Waals surface area contributed by atoms with Crippen molar-refractivity contribution in [3.8, 4) is 0 Å². The van der Waals surface area contributed by atoms with Gasteiger partial charge in [-0.25, -0.2) is 4.79 Å². The molecule has 5 nitrogen and oxygen atoms in total. The predicted molar refractivity (Wildman–Crippen MR) is 75.5 cm³/mol. The molecule has 0 saturated carbocycles. The van der Waals surface area contributed by atoms with Gasteiger partial charge in [0.25, 0.3) is 0 Å². The molecule has 1 saturated heterocycles. The van der Waals surface area contributed by atoms with E-state index < -0.39 is 24.3 Å². The summed E-state index contributed by atoms with van der Waals surface area (Å²) in [5.41, 5.74) is 0.464. The summed E-state index contributed by atoms with van der Waals surface area (Å²) in [4.78, 5) is 23.3. The first-order valence-corrected chi connectivity index (χ1v) is 7.11. The fourth-order valence-corrected chi connectivity index (χ4v) is 2.49. The molecule has 4 atom stereocenters. The monoisotopic (exact) mass is 292 g/mol. The van der Waals surface area contributed by atoms with Crippen LogP contribution in [0.3, 0.4) is 0 Å². The summed E-state index contributed by atoms with van der Waals surface area (Å²) >= 11 is 0. The van der Waals surface area contributed by atoms with Gasteiger partial charge < -0.3 is 14.2 Å². The Morgan fingerprint density at radius 3 is 2.43 bits per heavy atom. The third kappa shape index (κ3) is 3.61. The summed E-state index contributed by atoms with van der Waals surface area (Å²) in [6, 6.07) is 8.72. The summed E-state index contributed by atoms with van der Waals surface area (Å²) in [6.45, 7) is 5.22. The van der Waals surface area contributed by atoms with Crippen molar-refractivity contribution in [2.45, 2.75) is 45.7 Å². The van der Waals surface area contributed by atoms with Crippen LogP contribution in [0, 0.1) is 5.92 Å². The molecule has 0 spiro atoms. The lowest BCUT2D eigenvalue weighted by atomic mass is 9.99. The number of ether oxygens (including phenoxy) is 3. The zero-order valence-corrected chi connectivity index (χ0v) is 12.4. The first kappa shape index (κ1) is 15.5. The average molecular weight is 292 g/mol. The molecule has 1 aromatic rings. The normalized spacial score (nSPS) is 28.1. The largest absolute Gasteiger partial charge is 0.452 e. The molecule has 0 bridgehead atoms. The molecule has 1 unspecified atom stereocenters. The van der Waals surface area contributed by atoms with Crippen LogP contribution in [-0.2, 0) is 19.0 Å². The second-order valence-corrected chi connectivity index (χ2v) is 5.16. The third-order valence-electron chi connectivity index (χ3n) is 3.62. The van der Waals surface area contributed by atoms with E-state index in [0.29, 0.717) is 5.56 Å². The van der Waals surface area contributed by atoms with Gasteiger partial charge in [-0.15, -0.1) is 0 Å². The highest BCUT2D eigenvalue weighted by Crippen LogP contribution is 2.32. The average Bonchev–Trinajstić information content (AvgIpc) is 2.76. The summed E-state index contributed by atoms with van der Waals surface area (Å²) in [7, 11) is 0. The van der Waals surface area contributed by atoms with Crippen molar-refractivity contribution in [1.29, 1.82) is 0 Å². The molecule has 1 heterocycles. The number of hydrogen-bond acceptors (Lipinski definition) is 5. The van der Waals surface area contributed by atoms with Gasteiger partial charge in [0.2, 0.25) is 6.29 Å². The molecule has 1 aliphatic rings. The molecule has 114 valence electrons. The molecule has 1 aromatic carbocycles. The lowest BCUT2D eigenvalue weighted by molar-refractivity contribution is -0.186. The van der Waals surface area contributed by atoms with Crippen LogP contribution in [0.25, 0.3) is 0 Å². The lowest BCUT2D eigenvalue weighted by Gasteiger charge is -2.21. The van der Waals surface area contributed by atoms with Crippen LogP contribution >= 0.6 is 0 Å². The number of hydrogen-bond donors (Lipinski definition) is 0. The molecular weight excluding hydrogens is 272 g/mol. The highest BCUT2D eigenvalue weighted by molar-refractivity contribution is 5.89. The van der Waals surface area contributed by atoms with Gasteiger partial charge in [-0.05, 0) is 18.6 Å². The standard InChI is InChI=1S/C16H20O5/c1-4-13-10(2)14(16(20-13)19-11(3)17)21-15(18)12-8-6-5-7-9-12/h5-10,13-14,16H,4H2,1-3H3/t10-,13-,14+,16?/m1/s1. The molecule has 0 aliphatic carbocycles. The molecule has 0 radical (unpaired) electrons. The summed E-state index contributed by atoms with van der Waals surface area (Å²) in [5.74, 6) is -0.929. The first-order chi connectivity index (χ1) is 10.0. The zero-order valence-electron chi connectivity index (χ0n) is 12.4. The van der Waals surface area contributed by atoms with E-state index in [0.717, 1.165) is 6.42 Å². The fourth-order valence-electron chi connectivity index (χ4n) is 2.49. The predicted octanol–water partition coefficient (Wildman–Crippen LogP) is 2.55. The Morgan fingerprint density at radius 1 is 1.19 bits per heavy atom. The van der Waals surface area contributed by atoms with Gasteiger partial charge in [-0.1, -0.05) is 32.0 Å². The molecule has 1 fully saturated rings. The van der Waals surface area contributed by atoms with E-state index in [1.807, 2.05) is 19.9 Å². The molecule has 0 aromatic heterocycles. The quantitative estimate of drug-likeness (QED) is 0.798. The van der Waals surface area contributed by atoms with Crippen molar-refractivity contribution >= 4 is 11.9 Å². The van der Waals surface area contributed by atoms with E-state index in [1.165, 1.54) is 6.92 Å². The van der Waals surface area contributed by atoms with E-state index in [1.54, 1.807) is 24.3 Å². The van der Waals surface area contributed by atoms with Crippen LogP contribution in [-0.4, -0.2) is 30.4 Å². The molecule has 0 amide bonds. The van der Waals surface area contributed by atoms with E-state index >= 15 is 0 Å². The minimum atomic E-state index is -0.838. The molecule has 0 N–H and O–H groups in total. The second-order valence-electron chi connectivity index (χ2n) is 5.16. The van der Waals surface area contributed by atoms with Crippen molar-refractivity contribution in [3.05, 3.63) is 35.9 Å². The number of esters is 2. The Kier molecular flexibility index (Phi) is 4.96. The van der Waals surface area contributed by atoms with Gasteiger partial charge in [0.15, 0.2) is 6.10 Å². The van der Waals surface area contributed by atoms with Crippen LogP contribution in [0.5, 0.6) is 0 Å². The van der Waals surface area contributed by atoms with E-state index in [2.05, 4.69) is 0 Å². The van der Waals surface area contributed by atoms with Gasteiger partial charge in [0.05, 0.1) is 11.7 Å². The zero-order chi connectivity index (χ0) is 15.4. The second kappa shape index (κ2) is 6.72. The SMILES string of the molecule is CC[C@H]1OC(OC(C)=O)[C@@H](OC(=O)c2ccccc2)[C@@H]1C. The molecule has 5 heteroatoms. The molecule has 2 rings (SSSR count). The highest BCUT2D eigenvalue weighted by atomic mass is 16.7. The smallest absolute Gasteiger partial charge is 0.338 e. The Balaban J connectivity index is 2.11. The van der Waals surface area contributed by atoms with Crippen molar-refractivity contribution in [2.24, 2.45) is 5.92 Å². The van der Waals surface area contributed by atoms with Crippen LogP contribution < -0.4 is 0 Å². The highest BCUT2D eigenvalue weighted by Gasteiger charge is 2.45. The molecule has 21 heavy (non-hydrogen) atoms. The summed E-state index contributed by atoms with van der Waals surface area (Å²) < 4.78 is 16.3. The van der Waals surface area contributed by atoms with Gasteiger partial charge in [0.1, 0.15) is 0 Å². The van der Waals surface area contributed by atoms with Crippen LogP contribution in [0.2, 0.25) is 0 Å². The summed E-state index contributed by atoms with van der Waals surface area (Å²) in [5, 5.41) is 0. The topological polar surface area (TPSA) is 61.8 Å². The summed E-state index contributed by atoms with van der Waals surface area (Å²) in [6.07, 6.45) is -0.761. The number of carbonyl (C=O) groups excluding carboxylic acids is 2. The Bertz CT molecular complexity index is 499. The minimum Gasteiger partial charge on any atom is -0.452 e. The van der Waals surface area contributed by atoms with Crippen LogP contribution in [0.4, 0.5) is 0 Å². The number of rotatable bonds is 4. The fraction of sp³-hybridized carbons (Fsp3) is 0.500. The molecular formula is C16H20O5. The van der Waals surface area contributed by atoms with Crippen molar-refractivity contribution in [2.75, 3.05) is 0 Å². The maximum Gasteiger partial charge on any atom is 0.338 e. The Morgan fingerprint density at radius 2 is 1.86 bits per heavy atom. The van der Waals surface area contributed by atoms with E-state index in [-0.39, 0.29) is 12.0 Å². The Hall–Kier alpha value is -1.88. The maximum absolute atomic E-state index is 12.2. The van der Waals surface area contributed by atoms with Crippen molar-refractivity contribution in [1.82, 2.24) is 0 Å². The van der Waals surface area contributed by atoms with Gasteiger partial charge in [-0.3, -0.25) is 4.79 Å². The maximum atomic E-state index is 12.2.